The predicted molar refractivity (Wildman–Crippen MR) is 79.7 cm³/mol. The summed E-state index contributed by atoms with van der Waals surface area (Å²) in [6, 6.07) is 6.41. The Balaban J connectivity index is 1.96. The summed E-state index contributed by atoms with van der Waals surface area (Å²) in [4.78, 5) is 25.4. The van der Waals surface area contributed by atoms with Crippen LogP contribution in [0.2, 0.25) is 0 Å². The molecule has 0 aliphatic heterocycles. The van der Waals surface area contributed by atoms with E-state index < -0.39 is 0 Å². The van der Waals surface area contributed by atoms with Gasteiger partial charge in [0.1, 0.15) is 5.78 Å². The van der Waals surface area contributed by atoms with Gasteiger partial charge in [-0.05, 0) is 43.4 Å². The van der Waals surface area contributed by atoms with Crippen molar-refractivity contribution in [3.05, 3.63) is 34.9 Å². The monoisotopic (exact) mass is 273 g/mol. The number of rotatable bonds is 3. The summed E-state index contributed by atoms with van der Waals surface area (Å²) in [5.74, 6) is 0.476. The molecule has 0 heterocycles. The lowest BCUT2D eigenvalue weighted by molar-refractivity contribution is -0.133. The molecule has 1 fully saturated rings. The highest BCUT2D eigenvalue weighted by atomic mass is 16.2. The minimum Gasteiger partial charge on any atom is -0.342 e. The van der Waals surface area contributed by atoms with E-state index in [-0.39, 0.29) is 11.9 Å². The van der Waals surface area contributed by atoms with Crippen LogP contribution in [0.5, 0.6) is 0 Å². The second-order valence-corrected chi connectivity index (χ2v) is 5.87. The minimum atomic E-state index is 0.146. The van der Waals surface area contributed by atoms with Gasteiger partial charge in [0.25, 0.3) is 0 Å². The highest BCUT2D eigenvalue weighted by Gasteiger charge is 2.25. The lowest BCUT2D eigenvalue weighted by atomic mass is 9.93. The number of ketones is 1. The molecule has 1 aromatic carbocycles. The zero-order valence-electron chi connectivity index (χ0n) is 12.6. The van der Waals surface area contributed by atoms with Crippen molar-refractivity contribution in [3.8, 4) is 0 Å². The van der Waals surface area contributed by atoms with Gasteiger partial charge in [-0.15, -0.1) is 0 Å². The lowest BCUT2D eigenvalue weighted by Crippen LogP contribution is -2.40. The van der Waals surface area contributed by atoms with E-state index in [0.717, 1.165) is 18.4 Å². The first kappa shape index (κ1) is 14.8. The van der Waals surface area contributed by atoms with Crippen molar-refractivity contribution in [2.75, 3.05) is 7.05 Å². The Morgan fingerprint density at radius 2 is 1.85 bits per heavy atom. The number of aryl methyl sites for hydroxylation is 2. The van der Waals surface area contributed by atoms with Crippen LogP contribution in [-0.4, -0.2) is 29.7 Å². The molecule has 108 valence electrons. The number of benzene rings is 1. The van der Waals surface area contributed by atoms with Crippen molar-refractivity contribution in [2.24, 2.45) is 0 Å². The van der Waals surface area contributed by atoms with Crippen LogP contribution in [0, 0.1) is 13.8 Å². The normalized spacial score (nSPS) is 16.2. The van der Waals surface area contributed by atoms with Crippen molar-refractivity contribution < 1.29 is 9.59 Å². The maximum absolute atomic E-state index is 12.3. The molecule has 1 aliphatic rings. The van der Waals surface area contributed by atoms with Crippen molar-refractivity contribution in [1.82, 2.24) is 4.90 Å². The summed E-state index contributed by atoms with van der Waals surface area (Å²) in [5.41, 5.74) is 3.54. The lowest BCUT2D eigenvalue weighted by Gasteiger charge is -2.30. The number of likely N-dealkylation sites (N-methyl/N-ethyl adjacent to an activating group) is 1. The van der Waals surface area contributed by atoms with Gasteiger partial charge in [0.15, 0.2) is 0 Å². The van der Waals surface area contributed by atoms with Gasteiger partial charge in [0.05, 0.1) is 6.42 Å². The number of hydrogen-bond acceptors (Lipinski definition) is 2. The fourth-order valence-electron chi connectivity index (χ4n) is 2.73. The molecule has 1 amide bonds. The largest absolute Gasteiger partial charge is 0.342 e. The maximum Gasteiger partial charge on any atom is 0.226 e. The Morgan fingerprint density at radius 3 is 2.45 bits per heavy atom. The van der Waals surface area contributed by atoms with Gasteiger partial charge in [-0.1, -0.05) is 18.2 Å². The fourth-order valence-corrected chi connectivity index (χ4v) is 2.73. The summed E-state index contributed by atoms with van der Waals surface area (Å²) in [6.07, 6.45) is 3.31. The Bertz CT molecular complexity index is 512. The molecule has 1 saturated carbocycles. The molecule has 0 aromatic heterocycles. The van der Waals surface area contributed by atoms with Crippen LogP contribution in [0.15, 0.2) is 18.2 Å². The van der Waals surface area contributed by atoms with E-state index in [1.807, 2.05) is 18.0 Å². The zero-order chi connectivity index (χ0) is 14.7. The minimum absolute atomic E-state index is 0.146. The Labute approximate surface area is 121 Å². The molecular formula is C17H23NO2. The summed E-state index contributed by atoms with van der Waals surface area (Å²) >= 11 is 0. The molecule has 3 heteroatoms. The van der Waals surface area contributed by atoms with Gasteiger partial charge in [-0.3, -0.25) is 9.59 Å². The predicted octanol–water partition coefficient (Wildman–Crippen LogP) is 2.82. The quantitative estimate of drug-likeness (QED) is 0.849. The van der Waals surface area contributed by atoms with E-state index >= 15 is 0 Å². The summed E-state index contributed by atoms with van der Waals surface area (Å²) in [5, 5.41) is 0. The van der Waals surface area contributed by atoms with Gasteiger partial charge in [0, 0.05) is 25.9 Å². The van der Waals surface area contributed by atoms with E-state index in [9.17, 15) is 9.59 Å². The number of nitrogens with zero attached hydrogens (tertiary/aromatic N) is 1. The Morgan fingerprint density at radius 1 is 1.20 bits per heavy atom. The molecule has 0 atom stereocenters. The average molecular weight is 273 g/mol. The molecule has 0 N–H and O–H groups in total. The van der Waals surface area contributed by atoms with E-state index in [2.05, 4.69) is 26.0 Å². The van der Waals surface area contributed by atoms with Crippen LogP contribution in [0.25, 0.3) is 0 Å². The molecule has 0 saturated heterocycles. The number of Topliss-reactive ketones (excluding diaryl/α,β-unsaturated/α-hetero) is 1. The second-order valence-electron chi connectivity index (χ2n) is 5.87. The van der Waals surface area contributed by atoms with Crippen LogP contribution >= 0.6 is 0 Å². The van der Waals surface area contributed by atoms with Crippen LogP contribution in [0.1, 0.15) is 42.4 Å². The number of amides is 1. The summed E-state index contributed by atoms with van der Waals surface area (Å²) < 4.78 is 0. The Hall–Kier alpha value is -1.64. The first-order chi connectivity index (χ1) is 9.47. The van der Waals surface area contributed by atoms with Gasteiger partial charge < -0.3 is 4.90 Å². The van der Waals surface area contributed by atoms with E-state index in [1.54, 1.807) is 0 Å². The third kappa shape index (κ3) is 3.47. The molecule has 3 nitrogen and oxygen atoms in total. The molecule has 1 aliphatic carbocycles. The van der Waals surface area contributed by atoms with Gasteiger partial charge in [-0.2, -0.15) is 0 Å². The van der Waals surface area contributed by atoms with Crippen LogP contribution in [-0.2, 0) is 16.0 Å². The average Bonchev–Trinajstić information content (AvgIpc) is 2.43. The Kier molecular flexibility index (Phi) is 4.58. The molecule has 0 unspecified atom stereocenters. The third-order valence-electron chi connectivity index (χ3n) is 4.38. The van der Waals surface area contributed by atoms with Gasteiger partial charge in [0.2, 0.25) is 5.91 Å². The molecule has 0 radical (unpaired) electrons. The standard InChI is InChI=1S/C17H23NO2/c1-12-4-5-14(10-13(12)2)11-17(20)18(3)15-6-8-16(19)9-7-15/h4-5,10,15H,6-9,11H2,1-3H3. The zero-order valence-corrected chi connectivity index (χ0v) is 12.6. The molecule has 20 heavy (non-hydrogen) atoms. The fraction of sp³-hybridized carbons (Fsp3) is 0.529. The van der Waals surface area contributed by atoms with E-state index in [1.165, 1.54) is 11.1 Å². The molecular weight excluding hydrogens is 250 g/mol. The van der Waals surface area contributed by atoms with Crippen LogP contribution < -0.4 is 0 Å². The number of carbonyl (C=O) groups excluding carboxylic acids is 2. The highest BCUT2D eigenvalue weighted by Crippen LogP contribution is 2.20. The number of hydrogen-bond donors (Lipinski definition) is 0. The van der Waals surface area contributed by atoms with E-state index in [4.69, 9.17) is 0 Å². The highest BCUT2D eigenvalue weighted by molar-refractivity contribution is 5.81. The maximum atomic E-state index is 12.3. The molecule has 0 bridgehead atoms. The van der Waals surface area contributed by atoms with Gasteiger partial charge in [-0.25, -0.2) is 0 Å². The third-order valence-corrected chi connectivity index (χ3v) is 4.38. The number of carbonyl (C=O) groups is 2. The van der Waals surface area contributed by atoms with Crippen LogP contribution in [0.3, 0.4) is 0 Å². The van der Waals surface area contributed by atoms with Crippen molar-refractivity contribution in [2.45, 2.75) is 52.0 Å². The van der Waals surface area contributed by atoms with E-state index in [0.29, 0.717) is 25.0 Å². The van der Waals surface area contributed by atoms with Crippen molar-refractivity contribution in [3.63, 3.8) is 0 Å². The topological polar surface area (TPSA) is 37.4 Å². The van der Waals surface area contributed by atoms with Gasteiger partial charge >= 0.3 is 0 Å². The second kappa shape index (κ2) is 6.21. The smallest absolute Gasteiger partial charge is 0.226 e. The summed E-state index contributed by atoms with van der Waals surface area (Å²) in [7, 11) is 1.86. The first-order valence-electron chi connectivity index (χ1n) is 7.31. The summed E-state index contributed by atoms with van der Waals surface area (Å²) in [6.45, 7) is 4.14. The first-order valence-corrected chi connectivity index (χ1v) is 7.31. The molecule has 2 rings (SSSR count). The van der Waals surface area contributed by atoms with Crippen molar-refractivity contribution >= 4 is 11.7 Å². The SMILES string of the molecule is Cc1ccc(CC(=O)N(C)C2CCC(=O)CC2)cc1C. The van der Waals surface area contributed by atoms with Crippen LogP contribution in [0.4, 0.5) is 0 Å². The molecule has 1 aromatic rings. The van der Waals surface area contributed by atoms with Crippen molar-refractivity contribution in [1.29, 1.82) is 0 Å². The molecule has 0 spiro atoms.